The fourth-order valence-electron chi connectivity index (χ4n) is 1.72. The predicted octanol–water partition coefficient (Wildman–Crippen LogP) is 2.26. The number of methoxy groups -OCH3 is 1. The van der Waals surface area contributed by atoms with Crippen molar-refractivity contribution in [2.45, 2.75) is 6.54 Å². The first-order chi connectivity index (χ1) is 9.81. The van der Waals surface area contributed by atoms with Gasteiger partial charge in [0.25, 0.3) is 0 Å². The number of rotatable bonds is 6. The molecule has 2 aromatic heterocycles. The molecule has 0 bridgehead atoms. The summed E-state index contributed by atoms with van der Waals surface area (Å²) in [5, 5.41) is 7.55. The van der Waals surface area contributed by atoms with Gasteiger partial charge in [-0.2, -0.15) is 0 Å². The topological polar surface area (TPSA) is 63.2 Å². The van der Waals surface area contributed by atoms with Gasteiger partial charge in [-0.3, -0.25) is 4.98 Å². The van der Waals surface area contributed by atoms with E-state index in [9.17, 15) is 4.79 Å². The van der Waals surface area contributed by atoms with Crippen molar-refractivity contribution in [3.05, 3.63) is 41.4 Å². The number of hydrogen-bond acceptors (Lipinski definition) is 4. The highest BCUT2D eigenvalue weighted by molar-refractivity contribution is 7.13. The summed E-state index contributed by atoms with van der Waals surface area (Å²) in [6, 6.07) is 7.65. The van der Waals surface area contributed by atoms with Crippen LogP contribution in [0.25, 0.3) is 10.6 Å². The Kier molecular flexibility index (Phi) is 5.52. The Labute approximate surface area is 122 Å². The number of thiophene rings is 1. The van der Waals surface area contributed by atoms with Gasteiger partial charge in [-0.1, -0.05) is 12.1 Å². The van der Waals surface area contributed by atoms with E-state index in [0.29, 0.717) is 19.7 Å². The fourth-order valence-corrected chi connectivity index (χ4v) is 2.48. The van der Waals surface area contributed by atoms with Crippen molar-refractivity contribution in [1.82, 2.24) is 15.6 Å². The average molecular weight is 291 g/mol. The number of pyridine rings is 1. The van der Waals surface area contributed by atoms with E-state index in [-0.39, 0.29) is 6.03 Å². The molecule has 0 fully saturated rings. The van der Waals surface area contributed by atoms with Gasteiger partial charge < -0.3 is 15.4 Å². The molecule has 0 saturated carbocycles. The first-order valence-corrected chi connectivity index (χ1v) is 7.17. The van der Waals surface area contributed by atoms with Crippen LogP contribution in [0.4, 0.5) is 4.79 Å². The Morgan fingerprint density at radius 3 is 3.00 bits per heavy atom. The normalized spacial score (nSPS) is 10.2. The highest BCUT2D eigenvalue weighted by atomic mass is 32.1. The minimum Gasteiger partial charge on any atom is -0.383 e. The smallest absolute Gasteiger partial charge is 0.315 e. The predicted molar refractivity (Wildman–Crippen MR) is 79.7 cm³/mol. The third-order valence-corrected chi connectivity index (χ3v) is 3.55. The van der Waals surface area contributed by atoms with E-state index in [1.807, 2.05) is 29.6 Å². The van der Waals surface area contributed by atoms with Crippen LogP contribution in [0.5, 0.6) is 0 Å². The summed E-state index contributed by atoms with van der Waals surface area (Å²) in [5.41, 5.74) is 1.91. The lowest BCUT2D eigenvalue weighted by atomic mass is 10.1. The molecule has 0 aliphatic heterocycles. The molecule has 6 heteroatoms. The highest BCUT2D eigenvalue weighted by Crippen LogP contribution is 2.25. The minimum atomic E-state index is -0.206. The lowest BCUT2D eigenvalue weighted by molar-refractivity contribution is 0.196. The zero-order valence-corrected chi connectivity index (χ0v) is 12.1. The monoisotopic (exact) mass is 291 g/mol. The number of amides is 2. The third kappa shape index (κ3) is 4.04. The number of carbonyl (C=O) groups is 1. The molecule has 2 amide bonds. The molecule has 2 heterocycles. The van der Waals surface area contributed by atoms with Crippen LogP contribution in [0.1, 0.15) is 5.56 Å². The summed E-state index contributed by atoms with van der Waals surface area (Å²) in [6.07, 6.45) is 1.76. The average Bonchev–Trinajstić information content (AvgIpc) is 3.00. The lowest BCUT2D eigenvalue weighted by Crippen LogP contribution is -2.36. The molecule has 0 saturated heterocycles. The second kappa shape index (κ2) is 7.62. The number of ether oxygens (including phenoxy) is 1. The Morgan fingerprint density at radius 1 is 1.35 bits per heavy atom. The maximum Gasteiger partial charge on any atom is 0.315 e. The SMILES string of the molecule is COCCNC(=O)NCc1cccnc1-c1cccs1. The quantitative estimate of drug-likeness (QED) is 0.802. The van der Waals surface area contributed by atoms with Crippen molar-refractivity contribution in [2.24, 2.45) is 0 Å². The van der Waals surface area contributed by atoms with E-state index in [2.05, 4.69) is 15.6 Å². The molecule has 0 aliphatic rings. The van der Waals surface area contributed by atoms with Gasteiger partial charge in [0.1, 0.15) is 0 Å². The van der Waals surface area contributed by atoms with Gasteiger partial charge >= 0.3 is 6.03 Å². The van der Waals surface area contributed by atoms with Gasteiger partial charge in [-0.15, -0.1) is 11.3 Å². The molecule has 2 N–H and O–H groups in total. The van der Waals surface area contributed by atoms with E-state index < -0.39 is 0 Å². The first kappa shape index (κ1) is 14.5. The maximum atomic E-state index is 11.6. The second-order valence-corrected chi connectivity index (χ2v) is 5.04. The Morgan fingerprint density at radius 2 is 2.25 bits per heavy atom. The molecule has 2 aromatic rings. The summed E-state index contributed by atoms with van der Waals surface area (Å²) in [4.78, 5) is 17.1. The molecule has 0 aromatic carbocycles. The van der Waals surface area contributed by atoms with E-state index in [1.54, 1.807) is 24.6 Å². The standard InChI is InChI=1S/C14H17N3O2S/c1-19-8-7-16-14(18)17-10-11-4-2-6-15-13(11)12-5-3-9-20-12/h2-6,9H,7-8,10H2,1H3,(H2,16,17,18). The van der Waals surface area contributed by atoms with Gasteiger partial charge in [-0.05, 0) is 23.1 Å². The van der Waals surface area contributed by atoms with Crippen LogP contribution in [0.3, 0.4) is 0 Å². The number of carbonyl (C=O) groups excluding carboxylic acids is 1. The van der Waals surface area contributed by atoms with Crippen molar-refractivity contribution in [2.75, 3.05) is 20.3 Å². The minimum absolute atomic E-state index is 0.206. The van der Waals surface area contributed by atoms with Crippen molar-refractivity contribution in [1.29, 1.82) is 0 Å². The molecular formula is C14H17N3O2S. The van der Waals surface area contributed by atoms with Crippen molar-refractivity contribution >= 4 is 17.4 Å². The fraction of sp³-hybridized carbons (Fsp3) is 0.286. The maximum absolute atomic E-state index is 11.6. The van der Waals surface area contributed by atoms with Gasteiger partial charge in [0.15, 0.2) is 0 Å². The third-order valence-electron chi connectivity index (χ3n) is 2.68. The van der Waals surface area contributed by atoms with Crippen LogP contribution < -0.4 is 10.6 Å². The zero-order valence-electron chi connectivity index (χ0n) is 11.3. The zero-order chi connectivity index (χ0) is 14.2. The number of nitrogens with one attached hydrogen (secondary N) is 2. The Bertz CT molecular complexity index is 543. The Balaban J connectivity index is 1.95. The summed E-state index contributed by atoms with van der Waals surface area (Å²) in [6.45, 7) is 1.44. The molecule has 0 spiro atoms. The van der Waals surface area contributed by atoms with E-state index in [0.717, 1.165) is 16.1 Å². The largest absolute Gasteiger partial charge is 0.383 e. The van der Waals surface area contributed by atoms with E-state index in [1.165, 1.54) is 0 Å². The molecule has 5 nitrogen and oxygen atoms in total. The summed E-state index contributed by atoms with van der Waals surface area (Å²) in [7, 11) is 1.60. The van der Waals surface area contributed by atoms with Gasteiger partial charge in [0.05, 0.1) is 17.2 Å². The number of hydrogen-bond donors (Lipinski definition) is 2. The molecule has 106 valence electrons. The molecule has 0 unspecified atom stereocenters. The summed E-state index contributed by atoms with van der Waals surface area (Å²) < 4.78 is 4.87. The summed E-state index contributed by atoms with van der Waals surface area (Å²) >= 11 is 1.63. The molecule has 2 rings (SSSR count). The number of aromatic nitrogens is 1. The number of urea groups is 1. The molecule has 0 atom stereocenters. The van der Waals surface area contributed by atoms with Crippen LogP contribution >= 0.6 is 11.3 Å². The molecular weight excluding hydrogens is 274 g/mol. The van der Waals surface area contributed by atoms with Crippen LogP contribution in [0.15, 0.2) is 35.8 Å². The molecule has 20 heavy (non-hydrogen) atoms. The summed E-state index contributed by atoms with van der Waals surface area (Å²) in [5.74, 6) is 0. The van der Waals surface area contributed by atoms with Crippen LogP contribution in [0, 0.1) is 0 Å². The van der Waals surface area contributed by atoms with Crippen molar-refractivity contribution in [3.63, 3.8) is 0 Å². The van der Waals surface area contributed by atoms with Crippen LogP contribution in [-0.4, -0.2) is 31.3 Å². The lowest BCUT2D eigenvalue weighted by Gasteiger charge is -2.09. The number of nitrogens with zero attached hydrogens (tertiary/aromatic N) is 1. The van der Waals surface area contributed by atoms with Gasteiger partial charge in [-0.25, -0.2) is 4.79 Å². The second-order valence-electron chi connectivity index (χ2n) is 4.09. The van der Waals surface area contributed by atoms with Crippen molar-refractivity contribution in [3.8, 4) is 10.6 Å². The van der Waals surface area contributed by atoms with E-state index in [4.69, 9.17) is 4.74 Å². The van der Waals surface area contributed by atoms with Crippen molar-refractivity contribution < 1.29 is 9.53 Å². The Hall–Kier alpha value is -1.92. The van der Waals surface area contributed by atoms with Crippen LogP contribution in [-0.2, 0) is 11.3 Å². The highest BCUT2D eigenvalue weighted by Gasteiger charge is 2.08. The van der Waals surface area contributed by atoms with E-state index >= 15 is 0 Å². The molecule has 0 aliphatic carbocycles. The molecule has 0 radical (unpaired) electrons. The van der Waals surface area contributed by atoms with Gasteiger partial charge in [0.2, 0.25) is 0 Å². The van der Waals surface area contributed by atoms with Crippen LogP contribution in [0.2, 0.25) is 0 Å². The van der Waals surface area contributed by atoms with Gasteiger partial charge in [0, 0.05) is 26.4 Å². The first-order valence-electron chi connectivity index (χ1n) is 6.29.